The van der Waals surface area contributed by atoms with E-state index in [1.165, 1.54) is 12.1 Å². The lowest BCUT2D eigenvalue weighted by Crippen LogP contribution is -2.41. The molecule has 0 radical (unpaired) electrons. The zero-order valence-corrected chi connectivity index (χ0v) is 13.1. The molecule has 23 heavy (non-hydrogen) atoms. The van der Waals surface area contributed by atoms with Gasteiger partial charge in [-0.25, -0.2) is 9.07 Å². The Bertz CT molecular complexity index is 714. The molecule has 0 aliphatic carbocycles. The molecule has 1 atom stereocenters. The van der Waals surface area contributed by atoms with Crippen molar-refractivity contribution in [3.8, 4) is 5.69 Å². The second-order valence-electron chi connectivity index (χ2n) is 6.00. The number of carbonyl (C=O) groups excluding carboxylic acids is 1. The zero-order chi connectivity index (χ0) is 16.4. The average Bonchev–Trinajstić information content (AvgIpc) is 2.96. The summed E-state index contributed by atoms with van der Waals surface area (Å²) >= 11 is 0. The van der Waals surface area contributed by atoms with Crippen LogP contribution in [0.25, 0.3) is 5.69 Å². The summed E-state index contributed by atoms with van der Waals surface area (Å²) in [5.41, 5.74) is 1.72. The highest BCUT2D eigenvalue weighted by Crippen LogP contribution is 2.19. The van der Waals surface area contributed by atoms with E-state index in [0.717, 1.165) is 18.5 Å². The highest BCUT2D eigenvalue weighted by Gasteiger charge is 2.26. The van der Waals surface area contributed by atoms with Crippen LogP contribution in [0.4, 0.5) is 4.39 Å². The fourth-order valence-corrected chi connectivity index (χ4v) is 3.01. The molecular formula is C17H20FN3O2. The second kappa shape index (κ2) is 6.50. The molecular weight excluding hydrogens is 297 g/mol. The molecule has 0 saturated carbocycles. The number of nitrogens with zero attached hydrogens (tertiary/aromatic N) is 3. The fourth-order valence-electron chi connectivity index (χ4n) is 3.01. The first-order chi connectivity index (χ1) is 11.1. The number of piperidine rings is 1. The van der Waals surface area contributed by atoms with Gasteiger partial charge in [0.05, 0.1) is 5.69 Å². The fraction of sp³-hybridized carbons (Fsp3) is 0.412. The predicted molar refractivity (Wildman–Crippen MR) is 84.0 cm³/mol. The number of aliphatic hydroxyl groups is 1. The van der Waals surface area contributed by atoms with Crippen LogP contribution >= 0.6 is 0 Å². The van der Waals surface area contributed by atoms with Crippen molar-refractivity contribution in [3.63, 3.8) is 0 Å². The number of carbonyl (C=O) groups is 1. The number of aliphatic hydroxyl groups excluding tert-OH is 1. The van der Waals surface area contributed by atoms with E-state index >= 15 is 0 Å². The topological polar surface area (TPSA) is 58.4 Å². The molecule has 2 aromatic rings. The summed E-state index contributed by atoms with van der Waals surface area (Å²) in [6.45, 7) is 3.17. The molecule has 1 saturated heterocycles. The van der Waals surface area contributed by atoms with Gasteiger partial charge in [-0.05, 0) is 49.9 Å². The number of rotatable bonds is 3. The van der Waals surface area contributed by atoms with Gasteiger partial charge in [0.15, 0.2) is 5.69 Å². The van der Waals surface area contributed by atoms with Crippen LogP contribution in [-0.2, 0) is 0 Å². The van der Waals surface area contributed by atoms with E-state index in [1.54, 1.807) is 27.8 Å². The number of hydrogen-bond acceptors (Lipinski definition) is 3. The Hall–Kier alpha value is -2.21. The van der Waals surface area contributed by atoms with E-state index in [4.69, 9.17) is 0 Å². The molecule has 1 aromatic heterocycles. The summed E-state index contributed by atoms with van der Waals surface area (Å²) < 4.78 is 15.0. The van der Waals surface area contributed by atoms with Crippen molar-refractivity contribution >= 4 is 5.91 Å². The van der Waals surface area contributed by atoms with Gasteiger partial charge < -0.3 is 10.0 Å². The van der Waals surface area contributed by atoms with E-state index in [0.29, 0.717) is 24.5 Å². The Morgan fingerprint density at radius 3 is 3.00 bits per heavy atom. The maximum atomic E-state index is 13.4. The summed E-state index contributed by atoms with van der Waals surface area (Å²) in [7, 11) is 0. The first-order valence-corrected chi connectivity index (χ1v) is 7.81. The third-order valence-electron chi connectivity index (χ3n) is 4.22. The highest BCUT2D eigenvalue weighted by atomic mass is 19.1. The van der Waals surface area contributed by atoms with Gasteiger partial charge in [0.2, 0.25) is 0 Å². The van der Waals surface area contributed by atoms with Crippen molar-refractivity contribution in [2.75, 3.05) is 19.7 Å². The zero-order valence-electron chi connectivity index (χ0n) is 13.1. The molecule has 1 aromatic carbocycles. The smallest absolute Gasteiger partial charge is 0.274 e. The highest BCUT2D eigenvalue weighted by molar-refractivity contribution is 5.92. The molecule has 1 fully saturated rings. The van der Waals surface area contributed by atoms with Crippen LogP contribution in [0, 0.1) is 18.7 Å². The van der Waals surface area contributed by atoms with Gasteiger partial charge in [-0.1, -0.05) is 6.07 Å². The lowest BCUT2D eigenvalue weighted by atomic mass is 9.99. The van der Waals surface area contributed by atoms with Crippen LogP contribution in [0.15, 0.2) is 30.3 Å². The minimum atomic E-state index is -0.341. The molecule has 6 heteroatoms. The van der Waals surface area contributed by atoms with Crippen molar-refractivity contribution in [1.29, 1.82) is 0 Å². The van der Waals surface area contributed by atoms with Crippen molar-refractivity contribution in [1.82, 2.24) is 14.7 Å². The number of benzene rings is 1. The van der Waals surface area contributed by atoms with Gasteiger partial charge in [0, 0.05) is 25.4 Å². The van der Waals surface area contributed by atoms with E-state index in [9.17, 15) is 14.3 Å². The number of aryl methyl sites for hydroxylation is 1. The third kappa shape index (κ3) is 3.27. The van der Waals surface area contributed by atoms with E-state index in [2.05, 4.69) is 5.10 Å². The van der Waals surface area contributed by atoms with Crippen molar-refractivity contribution < 1.29 is 14.3 Å². The molecule has 1 aliphatic rings. The second-order valence-corrected chi connectivity index (χ2v) is 6.00. The van der Waals surface area contributed by atoms with Crippen LogP contribution in [0.1, 0.15) is 29.0 Å². The van der Waals surface area contributed by atoms with Crippen LogP contribution in [-0.4, -0.2) is 45.4 Å². The SMILES string of the molecule is Cc1cc(C(=O)N2CCCC(CO)C2)nn1-c1cccc(F)c1. The number of amides is 1. The predicted octanol–water partition coefficient (Wildman–Crippen LogP) is 2.16. The van der Waals surface area contributed by atoms with Crippen molar-refractivity contribution in [2.24, 2.45) is 5.92 Å². The Balaban J connectivity index is 1.84. The Labute approximate surface area is 134 Å². The van der Waals surface area contributed by atoms with Gasteiger partial charge in [0.1, 0.15) is 5.82 Å². The first kappa shape index (κ1) is 15.7. The Morgan fingerprint density at radius 1 is 1.43 bits per heavy atom. The molecule has 0 spiro atoms. The van der Waals surface area contributed by atoms with Gasteiger partial charge in [-0.2, -0.15) is 5.10 Å². The van der Waals surface area contributed by atoms with Crippen molar-refractivity contribution in [3.05, 3.63) is 47.5 Å². The molecule has 0 bridgehead atoms. The molecule has 1 amide bonds. The first-order valence-electron chi connectivity index (χ1n) is 7.81. The minimum absolute atomic E-state index is 0.0978. The summed E-state index contributed by atoms with van der Waals surface area (Å²) in [5.74, 6) is -0.340. The summed E-state index contributed by atoms with van der Waals surface area (Å²) in [6.07, 6.45) is 1.83. The van der Waals surface area contributed by atoms with Gasteiger partial charge in [0.25, 0.3) is 5.91 Å². The molecule has 1 N–H and O–H groups in total. The van der Waals surface area contributed by atoms with Crippen LogP contribution in [0.3, 0.4) is 0 Å². The quantitative estimate of drug-likeness (QED) is 0.944. The number of hydrogen-bond donors (Lipinski definition) is 1. The van der Waals surface area contributed by atoms with Crippen LogP contribution in [0.5, 0.6) is 0 Å². The largest absolute Gasteiger partial charge is 0.396 e. The molecule has 1 aliphatic heterocycles. The molecule has 2 heterocycles. The van der Waals surface area contributed by atoms with E-state index in [1.807, 2.05) is 6.92 Å². The van der Waals surface area contributed by atoms with Crippen LogP contribution < -0.4 is 0 Å². The van der Waals surface area contributed by atoms with Crippen LogP contribution in [0.2, 0.25) is 0 Å². The average molecular weight is 317 g/mol. The lowest BCUT2D eigenvalue weighted by molar-refractivity contribution is 0.0614. The normalized spacial score (nSPS) is 18.2. The summed E-state index contributed by atoms with van der Waals surface area (Å²) in [6, 6.07) is 7.84. The molecule has 3 rings (SSSR count). The summed E-state index contributed by atoms with van der Waals surface area (Å²) in [4.78, 5) is 14.4. The van der Waals surface area contributed by atoms with E-state index < -0.39 is 0 Å². The van der Waals surface area contributed by atoms with E-state index in [-0.39, 0.29) is 24.2 Å². The lowest BCUT2D eigenvalue weighted by Gasteiger charge is -2.31. The maximum Gasteiger partial charge on any atom is 0.274 e. The monoisotopic (exact) mass is 317 g/mol. The number of likely N-dealkylation sites (tertiary alicyclic amines) is 1. The Morgan fingerprint density at radius 2 is 2.26 bits per heavy atom. The molecule has 122 valence electrons. The Kier molecular flexibility index (Phi) is 4.43. The van der Waals surface area contributed by atoms with Gasteiger partial charge >= 0.3 is 0 Å². The van der Waals surface area contributed by atoms with Crippen molar-refractivity contribution in [2.45, 2.75) is 19.8 Å². The number of halogens is 1. The maximum absolute atomic E-state index is 13.4. The molecule has 1 unspecified atom stereocenters. The minimum Gasteiger partial charge on any atom is -0.396 e. The molecule has 5 nitrogen and oxygen atoms in total. The standard InChI is InChI=1S/C17H20FN3O2/c1-12-8-16(17(23)20-7-3-4-13(10-20)11-22)19-21(12)15-6-2-5-14(18)9-15/h2,5-6,8-9,13,22H,3-4,7,10-11H2,1H3. The third-order valence-corrected chi connectivity index (χ3v) is 4.22. The van der Waals surface area contributed by atoms with Gasteiger partial charge in [-0.3, -0.25) is 4.79 Å². The summed E-state index contributed by atoms with van der Waals surface area (Å²) in [5, 5.41) is 13.6. The van der Waals surface area contributed by atoms with Gasteiger partial charge in [-0.15, -0.1) is 0 Å². The number of aromatic nitrogens is 2.